The number of aliphatic hydroxyl groups is 2. The van der Waals surface area contributed by atoms with E-state index in [-0.39, 0.29) is 134 Å². The first-order valence-electron chi connectivity index (χ1n) is 14.1. The number of carboxylic acid groups (broad SMARTS) is 2. The molecule has 0 aromatic heterocycles. The Morgan fingerprint density at radius 3 is 0.396 bits per heavy atom. The monoisotopic (exact) mass is 967 g/mol. The molecule has 0 atom stereocenters. The van der Waals surface area contributed by atoms with Crippen LogP contribution in [0.25, 0.3) is 0 Å². The van der Waals surface area contributed by atoms with Crippen molar-refractivity contribution in [3.05, 3.63) is 0 Å². The van der Waals surface area contributed by atoms with Crippen LogP contribution >= 0.6 is 13.5 Å². The normalized spacial score (nSPS) is 4.45. The van der Waals surface area contributed by atoms with Gasteiger partial charge in [-0.1, -0.05) is 98.9 Å². The number of carbonyl (C=O) groups is 8. The van der Waals surface area contributed by atoms with Crippen LogP contribution in [-0.4, -0.2) is 112 Å². The van der Waals surface area contributed by atoms with Crippen LogP contribution in [-0.2, 0) is 104 Å². The average Bonchev–Trinajstić information content (AvgIpc) is 3.09. The van der Waals surface area contributed by atoms with E-state index in [4.69, 9.17) is 39.6 Å². The van der Waals surface area contributed by atoms with Crippen molar-refractivity contribution in [3.63, 3.8) is 0 Å². The van der Waals surface area contributed by atoms with E-state index in [1.54, 1.807) is 28.2 Å². The molecule has 0 aromatic rings. The molecule has 0 rings (SSSR count). The molecule has 0 aromatic carbocycles. The Kier molecular flexibility index (Phi) is 833. The zero-order chi connectivity index (χ0) is 42.3. The molecule has 0 heterocycles. The van der Waals surface area contributed by atoms with Crippen molar-refractivity contribution in [2.24, 2.45) is 0 Å². The Morgan fingerprint density at radius 1 is 0.377 bits per heavy atom. The molecule has 0 aliphatic rings. The molecule has 0 spiro atoms. The molecule has 16 nitrogen and oxygen atoms in total. The van der Waals surface area contributed by atoms with Gasteiger partial charge in [0.25, 0.3) is 11.9 Å². The van der Waals surface area contributed by atoms with Crippen LogP contribution in [0.1, 0.15) is 142 Å². The molecular weight excluding hydrogens is 866 g/mol. The van der Waals surface area contributed by atoms with Crippen molar-refractivity contribution >= 4 is 62.6 Å². The molecule has 8 N–H and O–H groups in total. The molecular formula is C34H98N4O12SY2. The smallest absolute Gasteiger partial charge is 0.300 e. The van der Waals surface area contributed by atoms with E-state index in [1.165, 1.54) is 27.7 Å². The molecule has 4 amide bonds. The van der Waals surface area contributed by atoms with E-state index < -0.39 is 11.9 Å². The molecule has 0 bridgehead atoms. The maximum atomic E-state index is 9.70. The number of hydrogen-bond acceptors (Lipinski definition) is 10. The van der Waals surface area contributed by atoms with E-state index in [1.807, 2.05) is 82.8 Å². The predicted octanol–water partition coefficient (Wildman–Crippen LogP) is 6.07. The van der Waals surface area contributed by atoms with Crippen molar-refractivity contribution in [2.45, 2.75) is 140 Å². The minimum Gasteiger partial charge on any atom is -0.481 e. The second kappa shape index (κ2) is 293. The van der Waals surface area contributed by atoms with Gasteiger partial charge in [0, 0.05) is 151 Å². The first-order valence-corrected chi connectivity index (χ1v) is 14.1. The first-order chi connectivity index (χ1) is 21.5. The van der Waals surface area contributed by atoms with Gasteiger partial charge in [0.1, 0.15) is 13.6 Å². The largest absolute Gasteiger partial charge is 0.481 e. The molecule has 53 heavy (non-hydrogen) atoms. The zero-order valence-corrected chi connectivity index (χ0v) is 41.8. The van der Waals surface area contributed by atoms with Crippen LogP contribution in [0.3, 0.4) is 0 Å². The van der Waals surface area contributed by atoms with Gasteiger partial charge in [-0.2, -0.15) is 13.5 Å². The molecule has 0 saturated carbocycles. The summed E-state index contributed by atoms with van der Waals surface area (Å²) >= 11 is 0. The zero-order valence-electron chi connectivity index (χ0n) is 35.1. The van der Waals surface area contributed by atoms with Crippen LogP contribution < -0.4 is 21.3 Å². The number of aliphatic hydroxyl groups excluding tert-OH is 2. The summed E-state index contributed by atoms with van der Waals surface area (Å²) < 4.78 is 0. The van der Waals surface area contributed by atoms with Crippen molar-refractivity contribution in [1.82, 2.24) is 21.3 Å². The third kappa shape index (κ3) is 2720. The van der Waals surface area contributed by atoms with Crippen molar-refractivity contribution < 1.29 is 126 Å². The first kappa shape index (κ1) is 151. The Labute approximate surface area is 389 Å². The van der Waals surface area contributed by atoms with Crippen LogP contribution in [0.15, 0.2) is 0 Å². The molecule has 2 radical (unpaired) electrons. The maximum absolute atomic E-state index is 9.70. The molecule has 0 saturated heterocycles. The second-order valence-corrected chi connectivity index (χ2v) is 4.26. The van der Waals surface area contributed by atoms with E-state index in [2.05, 4.69) is 21.3 Å². The van der Waals surface area contributed by atoms with Crippen LogP contribution in [0.4, 0.5) is 0 Å². The van der Waals surface area contributed by atoms with Crippen molar-refractivity contribution in [1.29, 1.82) is 0 Å². The Bertz CT molecular complexity index is 436. The minimum absolute atomic E-state index is 0. The summed E-state index contributed by atoms with van der Waals surface area (Å²) in [5.74, 6) is -1.65. The number of carbonyl (C=O) groups excluding carboxylic acids is 6. The van der Waals surface area contributed by atoms with Gasteiger partial charge in [-0.05, 0) is 0 Å². The average molecular weight is 967 g/mol. The van der Waals surface area contributed by atoms with Gasteiger partial charge in [0.2, 0.25) is 23.6 Å². The number of nitrogens with one attached hydrogen (secondary N) is 4. The summed E-state index contributed by atoms with van der Waals surface area (Å²) in [7, 11) is 8.40. The van der Waals surface area contributed by atoms with Crippen LogP contribution in [0.2, 0.25) is 0 Å². The maximum Gasteiger partial charge on any atom is 0.300 e. The summed E-state index contributed by atoms with van der Waals surface area (Å²) in [5, 5.41) is 38.4. The number of carboxylic acids is 2. The summed E-state index contributed by atoms with van der Waals surface area (Å²) in [6, 6.07) is 0. The standard InChI is InChI=1S/4C3H7NO.2C2H4O2.5C2H6.2CH4O.2CH2O.4CH4.H2S.2Y.H2/c4*1-3(5)4-2;2*1-2(3)4;9*1-2;;;;;;;;/h4*1-2H3,(H,4,5);2*1H3,(H,3,4);5*1-2H3;2*2H,1H3;2*1H2;4*1H4;1H2;;;1H/i;;;;;;;;;;;;;;;;;;;;;;1+2. The van der Waals surface area contributed by atoms with E-state index in [9.17, 15) is 19.2 Å². The third-order valence-corrected chi connectivity index (χ3v) is 1.41. The Balaban J connectivity index is -0.00000000915. The Hall–Kier alpha value is -1.36. The van der Waals surface area contributed by atoms with Crippen molar-refractivity contribution in [2.75, 3.05) is 42.4 Å². The fourth-order valence-electron chi connectivity index (χ4n) is 0. The molecule has 0 fully saturated rings. The fraction of sp³-hybridized carbons (Fsp3) is 0.765. The molecule has 0 aliphatic carbocycles. The van der Waals surface area contributed by atoms with E-state index in [0.29, 0.717) is 0 Å². The Morgan fingerprint density at radius 2 is 0.396 bits per heavy atom. The van der Waals surface area contributed by atoms with Crippen molar-refractivity contribution in [3.8, 4) is 0 Å². The van der Waals surface area contributed by atoms with Crippen LogP contribution in [0, 0.1) is 0 Å². The molecule has 338 valence electrons. The summed E-state index contributed by atoms with van der Waals surface area (Å²) in [6.07, 6.45) is 0. The summed E-state index contributed by atoms with van der Waals surface area (Å²) in [4.78, 5) is 72.8. The number of hydrogen-bond donors (Lipinski definition) is 8. The van der Waals surface area contributed by atoms with Gasteiger partial charge in [-0.3, -0.25) is 28.8 Å². The SMILES string of the molecule is C.C.C.C.C=O.C=O.CC.CC.CC.CC.CC.CC(=O)O.CC(=O)O.CNC(C)=O.CNC(C)=O.CNC(C)=O.CNC(C)=O.CO.CO.S.[3HH].[Y].[Y]. The van der Waals surface area contributed by atoms with Gasteiger partial charge in [-0.15, -0.1) is 0 Å². The molecule has 0 aliphatic heterocycles. The second-order valence-electron chi connectivity index (χ2n) is 4.26. The molecule has 0 unspecified atom stereocenters. The van der Waals surface area contributed by atoms with Gasteiger partial charge in [-0.25, -0.2) is 0 Å². The topological polar surface area (TPSA) is 266 Å². The summed E-state index contributed by atoms with van der Waals surface area (Å²) in [6.45, 7) is 32.1. The van der Waals surface area contributed by atoms with E-state index >= 15 is 0 Å². The number of aliphatic carboxylic acids is 2. The molecule has 19 heteroatoms. The van der Waals surface area contributed by atoms with Crippen LogP contribution in [0.5, 0.6) is 0 Å². The number of rotatable bonds is 0. The number of amides is 4. The third-order valence-electron chi connectivity index (χ3n) is 1.41. The summed E-state index contributed by atoms with van der Waals surface area (Å²) in [5.41, 5.74) is 0. The van der Waals surface area contributed by atoms with Gasteiger partial charge >= 0.3 is 0 Å². The van der Waals surface area contributed by atoms with Gasteiger partial charge in [0.15, 0.2) is 0 Å². The predicted molar refractivity (Wildman–Crippen MR) is 232 cm³/mol. The minimum atomic E-state index is -0.833. The quantitative estimate of drug-likeness (QED) is 0.138. The van der Waals surface area contributed by atoms with Gasteiger partial charge < -0.3 is 51.3 Å². The van der Waals surface area contributed by atoms with E-state index in [0.717, 1.165) is 28.1 Å². The fourth-order valence-corrected chi connectivity index (χ4v) is 0. The van der Waals surface area contributed by atoms with Gasteiger partial charge in [0.05, 0.1) is 0 Å².